The van der Waals surface area contributed by atoms with Gasteiger partial charge in [-0.15, -0.1) is 0 Å². The van der Waals surface area contributed by atoms with E-state index in [2.05, 4.69) is 39.9 Å². The number of likely N-dealkylation sites (tertiary alicyclic amines) is 1. The average Bonchev–Trinajstić information content (AvgIpc) is 3.10. The molecule has 0 radical (unpaired) electrons. The Labute approximate surface area is 212 Å². The number of esters is 1. The highest BCUT2D eigenvalue weighted by molar-refractivity contribution is 5.88. The second kappa shape index (κ2) is 13.6. The SMILES string of the molecule is CC(C)(C)CC(C)(C)N.CCC[C@H](N[C@@H](C)C(=O)N1[C@H](C(=O)O)C[C@@H]2CCCC[C@@H]21)C(=O)OCC. The fraction of sp³-hybridized carbons (Fsp3) is 0.889. The van der Waals surface area contributed by atoms with Gasteiger partial charge in [0, 0.05) is 11.6 Å². The Hall–Kier alpha value is -1.67. The molecule has 0 bridgehead atoms. The summed E-state index contributed by atoms with van der Waals surface area (Å²) in [5.74, 6) is -1.24. The van der Waals surface area contributed by atoms with Gasteiger partial charge in [-0.3, -0.25) is 14.9 Å². The number of nitrogens with two attached hydrogens (primary N) is 1. The number of ether oxygens (including phenoxy) is 1. The molecule has 0 unspecified atom stereocenters. The highest BCUT2D eigenvalue weighted by atomic mass is 16.5. The Morgan fingerprint density at radius 1 is 1.11 bits per heavy atom. The zero-order chi connectivity index (χ0) is 27.0. The summed E-state index contributed by atoms with van der Waals surface area (Å²) in [6.45, 7) is 16.5. The van der Waals surface area contributed by atoms with Crippen molar-refractivity contribution in [3.8, 4) is 0 Å². The highest BCUT2D eigenvalue weighted by Crippen LogP contribution is 2.40. The number of nitrogens with zero attached hydrogens (tertiary/aromatic N) is 1. The maximum Gasteiger partial charge on any atom is 0.326 e. The van der Waals surface area contributed by atoms with Gasteiger partial charge in [-0.1, -0.05) is 47.0 Å². The number of rotatable bonds is 9. The first kappa shape index (κ1) is 31.4. The van der Waals surface area contributed by atoms with E-state index in [9.17, 15) is 19.5 Å². The van der Waals surface area contributed by atoms with Crippen LogP contribution in [0.25, 0.3) is 0 Å². The van der Waals surface area contributed by atoms with Crippen molar-refractivity contribution in [3.63, 3.8) is 0 Å². The van der Waals surface area contributed by atoms with Crippen molar-refractivity contribution >= 4 is 17.8 Å². The van der Waals surface area contributed by atoms with E-state index in [0.717, 1.165) is 38.5 Å². The lowest BCUT2D eigenvalue weighted by atomic mass is 9.82. The number of aliphatic carboxylic acids is 1. The van der Waals surface area contributed by atoms with Crippen LogP contribution >= 0.6 is 0 Å². The van der Waals surface area contributed by atoms with Crippen LogP contribution in [0.15, 0.2) is 0 Å². The van der Waals surface area contributed by atoms with Crippen LogP contribution in [-0.4, -0.2) is 64.2 Å². The van der Waals surface area contributed by atoms with Crippen molar-refractivity contribution in [3.05, 3.63) is 0 Å². The fourth-order valence-corrected chi connectivity index (χ4v) is 5.76. The van der Waals surface area contributed by atoms with Gasteiger partial charge in [-0.05, 0) is 71.1 Å². The molecule has 1 amide bonds. The van der Waals surface area contributed by atoms with Crippen LogP contribution in [0.2, 0.25) is 0 Å². The molecule has 1 saturated carbocycles. The van der Waals surface area contributed by atoms with E-state index >= 15 is 0 Å². The molecular formula is C27H51N3O5. The first-order chi connectivity index (χ1) is 16.1. The normalized spacial score (nSPS) is 24.0. The van der Waals surface area contributed by atoms with Crippen molar-refractivity contribution in [1.82, 2.24) is 10.2 Å². The van der Waals surface area contributed by atoms with E-state index in [4.69, 9.17) is 10.5 Å². The first-order valence-corrected chi connectivity index (χ1v) is 13.4. The van der Waals surface area contributed by atoms with Crippen LogP contribution < -0.4 is 11.1 Å². The number of fused-ring (bicyclic) bond motifs is 1. The second-order valence-electron chi connectivity index (χ2n) is 12.2. The molecule has 204 valence electrons. The summed E-state index contributed by atoms with van der Waals surface area (Å²) in [5.41, 5.74) is 6.17. The summed E-state index contributed by atoms with van der Waals surface area (Å²) in [5, 5.41) is 12.7. The fourth-order valence-electron chi connectivity index (χ4n) is 5.76. The quantitative estimate of drug-likeness (QED) is 0.410. The van der Waals surface area contributed by atoms with Gasteiger partial charge in [0.25, 0.3) is 0 Å². The zero-order valence-corrected chi connectivity index (χ0v) is 23.4. The van der Waals surface area contributed by atoms with Crippen LogP contribution in [0, 0.1) is 11.3 Å². The van der Waals surface area contributed by atoms with E-state index in [1.165, 1.54) is 0 Å². The van der Waals surface area contributed by atoms with E-state index < -0.39 is 24.1 Å². The van der Waals surface area contributed by atoms with Gasteiger partial charge in [-0.2, -0.15) is 0 Å². The van der Waals surface area contributed by atoms with Crippen LogP contribution in [0.4, 0.5) is 0 Å². The van der Waals surface area contributed by atoms with Crippen LogP contribution in [0.1, 0.15) is 107 Å². The molecule has 2 rings (SSSR count). The number of carboxylic acid groups (broad SMARTS) is 1. The molecule has 0 spiro atoms. The Bertz CT molecular complexity index is 686. The Kier molecular flexibility index (Phi) is 12.2. The monoisotopic (exact) mass is 497 g/mol. The van der Waals surface area contributed by atoms with Gasteiger partial charge < -0.3 is 20.5 Å². The molecule has 0 aromatic carbocycles. The van der Waals surface area contributed by atoms with Crippen molar-refractivity contribution in [2.75, 3.05) is 6.61 Å². The standard InChI is InChI=1S/C19H32N2O5.C8H19N/c1-4-8-14(19(25)26-5-2)20-12(3)17(22)21-15-10-7-6-9-13(15)11-16(21)18(23)24;1-7(2,3)6-8(4,5)9/h12-16,20H,4-11H2,1-3H3,(H,23,24);6,9H2,1-5H3/t12-,13-,14-,15-,16-;/m0./s1. The van der Waals surface area contributed by atoms with Crippen molar-refractivity contribution in [1.29, 1.82) is 0 Å². The molecule has 5 atom stereocenters. The number of amides is 1. The molecule has 1 aliphatic carbocycles. The summed E-state index contributed by atoms with van der Waals surface area (Å²) >= 11 is 0. The van der Waals surface area contributed by atoms with Gasteiger partial charge in [0.15, 0.2) is 0 Å². The summed E-state index contributed by atoms with van der Waals surface area (Å²) in [4.78, 5) is 38.5. The van der Waals surface area contributed by atoms with Gasteiger partial charge in [-0.25, -0.2) is 4.79 Å². The second-order valence-corrected chi connectivity index (χ2v) is 12.2. The van der Waals surface area contributed by atoms with Crippen LogP contribution in [0.3, 0.4) is 0 Å². The Morgan fingerprint density at radius 3 is 2.17 bits per heavy atom. The maximum absolute atomic E-state index is 13.1. The maximum atomic E-state index is 13.1. The average molecular weight is 498 g/mol. The predicted molar refractivity (Wildman–Crippen MR) is 139 cm³/mol. The van der Waals surface area contributed by atoms with Gasteiger partial charge in [0.1, 0.15) is 12.1 Å². The molecule has 1 heterocycles. The van der Waals surface area contributed by atoms with E-state index in [1.807, 2.05) is 6.92 Å². The molecular weight excluding hydrogens is 446 g/mol. The lowest BCUT2D eigenvalue weighted by Crippen LogP contribution is -2.55. The third-order valence-corrected chi connectivity index (χ3v) is 6.58. The van der Waals surface area contributed by atoms with Crippen molar-refractivity contribution < 1.29 is 24.2 Å². The molecule has 1 aliphatic heterocycles. The summed E-state index contributed by atoms with van der Waals surface area (Å²) < 4.78 is 5.09. The first-order valence-electron chi connectivity index (χ1n) is 13.4. The molecule has 8 heteroatoms. The largest absolute Gasteiger partial charge is 0.480 e. The summed E-state index contributed by atoms with van der Waals surface area (Å²) in [6, 6.07) is -1.92. The van der Waals surface area contributed by atoms with Crippen molar-refractivity contribution in [2.24, 2.45) is 17.1 Å². The number of carbonyl (C=O) groups is 3. The predicted octanol–water partition coefficient (Wildman–Crippen LogP) is 4.10. The molecule has 4 N–H and O–H groups in total. The minimum atomic E-state index is -0.935. The Balaban J connectivity index is 0.000000579. The third kappa shape index (κ3) is 10.5. The van der Waals surface area contributed by atoms with E-state index in [1.54, 1.807) is 18.7 Å². The number of carbonyl (C=O) groups excluding carboxylic acids is 2. The van der Waals surface area contributed by atoms with Crippen LogP contribution in [0.5, 0.6) is 0 Å². The summed E-state index contributed by atoms with van der Waals surface area (Å²) in [6.07, 6.45) is 6.94. The molecule has 8 nitrogen and oxygen atoms in total. The molecule has 0 aromatic rings. The highest BCUT2D eigenvalue weighted by Gasteiger charge is 2.48. The third-order valence-electron chi connectivity index (χ3n) is 6.58. The molecule has 2 fully saturated rings. The topological polar surface area (TPSA) is 122 Å². The van der Waals surface area contributed by atoms with Gasteiger partial charge >= 0.3 is 11.9 Å². The zero-order valence-electron chi connectivity index (χ0n) is 23.4. The number of carboxylic acids is 1. The minimum Gasteiger partial charge on any atom is -0.480 e. The van der Waals surface area contributed by atoms with Gasteiger partial charge in [0.2, 0.25) is 5.91 Å². The summed E-state index contributed by atoms with van der Waals surface area (Å²) in [7, 11) is 0. The van der Waals surface area contributed by atoms with Crippen molar-refractivity contribution in [2.45, 2.75) is 136 Å². The number of nitrogens with one attached hydrogen (secondary N) is 1. The molecule has 2 aliphatic rings. The smallest absolute Gasteiger partial charge is 0.326 e. The van der Waals surface area contributed by atoms with E-state index in [0.29, 0.717) is 24.9 Å². The van der Waals surface area contributed by atoms with E-state index in [-0.39, 0.29) is 29.4 Å². The number of hydrogen-bond acceptors (Lipinski definition) is 6. The van der Waals surface area contributed by atoms with Crippen LogP contribution in [-0.2, 0) is 19.1 Å². The lowest BCUT2D eigenvalue weighted by molar-refractivity contribution is -0.152. The molecule has 1 saturated heterocycles. The Morgan fingerprint density at radius 2 is 1.71 bits per heavy atom. The lowest BCUT2D eigenvalue weighted by Gasteiger charge is -2.35. The minimum absolute atomic E-state index is 0.00817. The number of hydrogen-bond donors (Lipinski definition) is 3. The molecule has 35 heavy (non-hydrogen) atoms. The van der Waals surface area contributed by atoms with Gasteiger partial charge in [0.05, 0.1) is 12.6 Å². The molecule has 0 aromatic heterocycles.